The van der Waals surface area contributed by atoms with Gasteiger partial charge >= 0.3 is 0 Å². The average Bonchev–Trinajstić information content (AvgIpc) is 2.46. The Morgan fingerprint density at radius 3 is 2.17 bits per heavy atom. The van der Waals surface area contributed by atoms with Gasteiger partial charge in [0.2, 0.25) is 0 Å². The van der Waals surface area contributed by atoms with Crippen LogP contribution in [0.4, 0.5) is 0 Å². The van der Waals surface area contributed by atoms with E-state index in [1.165, 1.54) is 32.2 Å². The summed E-state index contributed by atoms with van der Waals surface area (Å²) in [5, 5.41) is 7.23. The van der Waals surface area contributed by atoms with Crippen molar-refractivity contribution in [3.63, 3.8) is 0 Å². The molecule has 1 saturated heterocycles. The third-order valence-corrected chi connectivity index (χ3v) is 5.43. The van der Waals surface area contributed by atoms with Crippen molar-refractivity contribution < 1.29 is 0 Å². The van der Waals surface area contributed by atoms with Gasteiger partial charge in [-0.15, -0.1) is 0 Å². The summed E-state index contributed by atoms with van der Waals surface area (Å²) < 4.78 is 0. The fourth-order valence-electron chi connectivity index (χ4n) is 3.94. The lowest BCUT2D eigenvalue weighted by molar-refractivity contribution is 0.0566. The lowest BCUT2D eigenvalue weighted by Crippen LogP contribution is -2.49. The minimum absolute atomic E-state index is 0.599. The molecule has 138 valence electrons. The molecule has 0 radical (unpaired) electrons. The van der Waals surface area contributed by atoms with Gasteiger partial charge in [-0.3, -0.25) is 4.90 Å². The summed E-state index contributed by atoms with van der Waals surface area (Å²) in [6, 6.07) is 2.65. The first-order valence-corrected chi connectivity index (χ1v) is 10.0. The van der Waals surface area contributed by atoms with Gasteiger partial charge in [0, 0.05) is 24.2 Å². The molecule has 3 heteroatoms. The molecule has 0 aromatic rings. The van der Waals surface area contributed by atoms with Gasteiger partial charge in [-0.1, -0.05) is 27.7 Å². The van der Waals surface area contributed by atoms with Gasteiger partial charge in [0.15, 0.2) is 0 Å². The van der Waals surface area contributed by atoms with Crippen LogP contribution in [0.25, 0.3) is 0 Å². The zero-order valence-electron chi connectivity index (χ0n) is 16.9. The van der Waals surface area contributed by atoms with Crippen molar-refractivity contribution in [3.8, 4) is 0 Å². The van der Waals surface area contributed by atoms with E-state index < -0.39 is 0 Å². The molecule has 0 aromatic carbocycles. The number of hydrogen-bond acceptors (Lipinski definition) is 3. The summed E-state index contributed by atoms with van der Waals surface area (Å²) in [5.41, 5.74) is 0. The summed E-state index contributed by atoms with van der Waals surface area (Å²) in [7, 11) is 0. The molecular weight excluding hydrogens is 282 g/mol. The lowest BCUT2D eigenvalue weighted by atomic mass is 9.80. The number of likely N-dealkylation sites (tertiary alicyclic amines) is 1. The van der Waals surface area contributed by atoms with Crippen LogP contribution in [0.15, 0.2) is 0 Å². The van der Waals surface area contributed by atoms with Gasteiger partial charge in [-0.25, -0.2) is 0 Å². The first-order chi connectivity index (χ1) is 10.8. The van der Waals surface area contributed by atoms with Gasteiger partial charge in [0.05, 0.1) is 0 Å². The zero-order valence-corrected chi connectivity index (χ0v) is 16.9. The Balaban J connectivity index is 2.37. The maximum Gasteiger partial charge on any atom is 0.0115 e. The molecule has 1 heterocycles. The summed E-state index contributed by atoms with van der Waals surface area (Å²) in [6.45, 7) is 19.8. The fourth-order valence-corrected chi connectivity index (χ4v) is 3.94. The van der Waals surface area contributed by atoms with Gasteiger partial charge in [-0.2, -0.15) is 0 Å². The van der Waals surface area contributed by atoms with Crippen LogP contribution in [0.5, 0.6) is 0 Å². The Hall–Kier alpha value is -0.120. The van der Waals surface area contributed by atoms with Crippen LogP contribution in [0, 0.1) is 11.8 Å². The first kappa shape index (κ1) is 20.9. The molecular formula is C20H43N3. The van der Waals surface area contributed by atoms with Gasteiger partial charge < -0.3 is 10.6 Å². The monoisotopic (exact) mass is 325 g/mol. The fraction of sp³-hybridized carbons (Fsp3) is 1.00. The molecule has 1 fully saturated rings. The number of nitrogens with zero attached hydrogens (tertiary/aromatic N) is 1. The highest BCUT2D eigenvalue weighted by molar-refractivity contribution is 4.87. The van der Waals surface area contributed by atoms with Crippen molar-refractivity contribution in [1.82, 2.24) is 15.5 Å². The summed E-state index contributed by atoms with van der Waals surface area (Å²) in [6.07, 6.45) is 5.28. The third-order valence-electron chi connectivity index (χ3n) is 5.43. The van der Waals surface area contributed by atoms with Gasteiger partial charge in [0.1, 0.15) is 0 Å². The second-order valence-electron chi connectivity index (χ2n) is 8.57. The minimum atomic E-state index is 0.599. The van der Waals surface area contributed by atoms with Crippen LogP contribution in [0.1, 0.15) is 74.1 Å². The average molecular weight is 326 g/mol. The summed E-state index contributed by atoms with van der Waals surface area (Å²) in [4.78, 5) is 2.75. The SMILES string of the molecule is CC(C)NCCCNC(C)CC1CC(C(C)C)CCN1C(C)C. The molecule has 3 atom stereocenters. The van der Waals surface area contributed by atoms with Gasteiger partial charge in [-0.05, 0) is 77.9 Å². The molecule has 0 saturated carbocycles. The van der Waals surface area contributed by atoms with E-state index in [0.717, 1.165) is 31.0 Å². The van der Waals surface area contributed by atoms with Crippen molar-refractivity contribution in [3.05, 3.63) is 0 Å². The second-order valence-corrected chi connectivity index (χ2v) is 8.57. The van der Waals surface area contributed by atoms with Crippen molar-refractivity contribution >= 4 is 0 Å². The van der Waals surface area contributed by atoms with Crippen molar-refractivity contribution in [2.75, 3.05) is 19.6 Å². The first-order valence-electron chi connectivity index (χ1n) is 10.0. The van der Waals surface area contributed by atoms with E-state index in [0.29, 0.717) is 18.1 Å². The summed E-state index contributed by atoms with van der Waals surface area (Å²) in [5.74, 6) is 1.75. The molecule has 0 aliphatic carbocycles. The van der Waals surface area contributed by atoms with Crippen LogP contribution in [0.2, 0.25) is 0 Å². The van der Waals surface area contributed by atoms with Crippen molar-refractivity contribution in [2.24, 2.45) is 11.8 Å². The normalized spacial score (nSPS) is 24.8. The predicted octanol–water partition coefficient (Wildman–Crippen LogP) is 3.89. The Bertz CT molecular complexity index is 301. The van der Waals surface area contributed by atoms with Crippen LogP contribution < -0.4 is 10.6 Å². The Labute approximate surface area is 146 Å². The topological polar surface area (TPSA) is 27.3 Å². The number of rotatable bonds is 10. The molecule has 0 bridgehead atoms. The molecule has 1 aliphatic heterocycles. The predicted molar refractivity (Wildman–Crippen MR) is 103 cm³/mol. The molecule has 0 aromatic heterocycles. The Kier molecular flexibility index (Phi) is 9.72. The number of nitrogens with one attached hydrogen (secondary N) is 2. The van der Waals surface area contributed by atoms with E-state index in [1.807, 2.05) is 0 Å². The Morgan fingerprint density at radius 2 is 1.61 bits per heavy atom. The third kappa shape index (κ3) is 8.00. The van der Waals surface area contributed by atoms with Crippen LogP contribution in [0.3, 0.4) is 0 Å². The van der Waals surface area contributed by atoms with Crippen LogP contribution in [-0.2, 0) is 0 Å². The highest BCUT2D eigenvalue weighted by atomic mass is 15.2. The molecule has 2 N–H and O–H groups in total. The number of hydrogen-bond donors (Lipinski definition) is 2. The zero-order chi connectivity index (χ0) is 17.4. The molecule has 1 rings (SSSR count). The standard InChI is InChI=1S/C20H43N3/c1-15(2)19-9-12-23(17(5)6)20(14-19)13-18(7)22-11-8-10-21-16(3)4/h15-22H,8-14H2,1-7H3. The molecule has 23 heavy (non-hydrogen) atoms. The maximum atomic E-state index is 3.74. The molecule has 3 nitrogen and oxygen atoms in total. The molecule has 1 aliphatic rings. The molecule has 0 spiro atoms. The van der Waals surface area contributed by atoms with E-state index in [1.54, 1.807) is 0 Å². The Morgan fingerprint density at radius 1 is 0.957 bits per heavy atom. The maximum absolute atomic E-state index is 3.74. The van der Waals surface area contributed by atoms with E-state index >= 15 is 0 Å². The highest BCUT2D eigenvalue weighted by Gasteiger charge is 2.31. The lowest BCUT2D eigenvalue weighted by Gasteiger charge is -2.44. The van der Waals surface area contributed by atoms with Crippen molar-refractivity contribution in [1.29, 1.82) is 0 Å². The van der Waals surface area contributed by atoms with Crippen LogP contribution >= 0.6 is 0 Å². The minimum Gasteiger partial charge on any atom is -0.314 e. The summed E-state index contributed by atoms with van der Waals surface area (Å²) >= 11 is 0. The number of piperidine rings is 1. The van der Waals surface area contributed by atoms with Crippen LogP contribution in [-0.4, -0.2) is 48.7 Å². The van der Waals surface area contributed by atoms with Crippen molar-refractivity contribution in [2.45, 2.75) is 98.3 Å². The van der Waals surface area contributed by atoms with E-state index in [9.17, 15) is 0 Å². The quantitative estimate of drug-likeness (QED) is 0.597. The smallest absolute Gasteiger partial charge is 0.0115 e. The van der Waals surface area contributed by atoms with Gasteiger partial charge in [0.25, 0.3) is 0 Å². The van der Waals surface area contributed by atoms with E-state index in [-0.39, 0.29) is 0 Å². The van der Waals surface area contributed by atoms with E-state index in [4.69, 9.17) is 0 Å². The highest BCUT2D eigenvalue weighted by Crippen LogP contribution is 2.31. The largest absolute Gasteiger partial charge is 0.314 e. The second kappa shape index (κ2) is 10.7. The van der Waals surface area contributed by atoms with E-state index in [2.05, 4.69) is 64.0 Å². The molecule has 3 unspecified atom stereocenters. The molecule has 0 amide bonds.